The average molecular weight is 616 g/mol. The molecule has 0 spiro atoms. The molecule has 0 atom stereocenters. The number of amides is 1. The molecule has 1 saturated heterocycles. The van der Waals surface area contributed by atoms with E-state index in [1.807, 2.05) is 13.0 Å². The normalized spacial score (nSPS) is 13.6. The van der Waals surface area contributed by atoms with Gasteiger partial charge in [-0.05, 0) is 37.6 Å². The number of carbonyl (C=O) groups excluding carboxylic acids is 1. The van der Waals surface area contributed by atoms with E-state index in [-0.39, 0.29) is 41.9 Å². The zero-order valence-electron chi connectivity index (χ0n) is 22.3. The molecule has 0 bridgehead atoms. The Morgan fingerprint density at radius 2 is 2.00 bits per heavy atom. The molecule has 0 aliphatic carbocycles. The number of morpholine rings is 1. The van der Waals surface area contributed by atoms with Gasteiger partial charge in [0, 0.05) is 35.6 Å². The number of hydrogen-bond donors (Lipinski definition) is 0. The van der Waals surface area contributed by atoms with Crippen molar-refractivity contribution in [2.45, 2.75) is 33.1 Å². The third-order valence-corrected chi connectivity index (χ3v) is 6.70. The highest BCUT2D eigenvalue weighted by Gasteiger charge is 2.25. The van der Waals surface area contributed by atoms with Crippen LogP contribution in [0.4, 0.5) is 5.69 Å². The maximum atomic E-state index is 13.4. The van der Waals surface area contributed by atoms with Crippen molar-refractivity contribution in [3.63, 3.8) is 0 Å². The Balaban J connectivity index is 1.70. The number of ether oxygens (including phenoxy) is 3. The largest absolute Gasteiger partial charge is 0.490 e. The summed E-state index contributed by atoms with van der Waals surface area (Å²) in [6, 6.07) is 8.06. The fourth-order valence-corrected chi connectivity index (χ4v) is 4.56. The minimum Gasteiger partial charge on any atom is -0.490 e. The van der Waals surface area contributed by atoms with E-state index in [4.69, 9.17) is 14.2 Å². The lowest BCUT2D eigenvalue weighted by Crippen LogP contribution is -2.43. The van der Waals surface area contributed by atoms with Crippen LogP contribution in [0.1, 0.15) is 38.1 Å². The lowest BCUT2D eigenvalue weighted by molar-refractivity contribution is -0.385. The molecule has 40 heavy (non-hydrogen) atoms. The molecule has 212 valence electrons. The maximum Gasteiger partial charge on any atom is 0.315 e. The molecule has 0 N–H and O–H groups in total. The molecule has 12 nitrogen and oxygen atoms in total. The van der Waals surface area contributed by atoms with Gasteiger partial charge in [0.1, 0.15) is 5.82 Å². The molecular weight excluding hydrogens is 586 g/mol. The lowest BCUT2D eigenvalue weighted by atomic mass is 10.2. The molecule has 2 heterocycles. The predicted octanol–water partition coefficient (Wildman–Crippen LogP) is 3.93. The van der Waals surface area contributed by atoms with E-state index >= 15 is 0 Å². The van der Waals surface area contributed by atoms with E-state index in [0.717, 1.165) is 17.3 Å². The summed E-state index contributed by atoms with van der Waals surface area (Å²) in [5, 5.41) is 16.8. The van der Waals surface area contributed by atoms with Crippen molar-refractivity contribution < 1.29 is 23.9 Å². The summed E-state index contributed by atoms with van der Waals surface area (Å²) in [6.45, 7) is 5.30. The number of carbonyl (C=O) groups is 1. The van der Waals surface area contributed by atoms with Crippen molar-refractivity contribution in [3.05, 3.63) is 66.7 Å². The summed E-state index contributed by atoms with van der Waals surface area (Å²) in [4.78, 5) is 43.5. The highest BCUT2D eigenvalue weighted by Crippen LogP contribution is 2.38. The molecule has 0 saturated carbocycles. The first-order chi connectivity index (χ1) is 19.3. The van der Waals surface area contributed by atoms with Crippen LogP contribution in [0, 0.1) is 10.1 Å². The van der Waals surface area contributed by atoms with Crippen LogP contribution in [0.5, 0.6) is 11.5 Å². The average Bonchev–Trinajstić information content (AvgIpc) is 2.95. The van der Waals surface area contributed by atoms with E-state index in [0.29, 0.717) is 55.0 Å². The first kappa shape index (κ1) is 29.2. The highest BCUT2D eigenvalue weighted by molar-refractivity contribution is 9.10. The number of nitrogens with zero attached hydrogens (tertiary/aromatic N) is 5. The van der Waals surface area contributed by atoms with Crippen LogP contribution in [0.2, 0.25) is 0 Å². The number of aryl methyl sites for hydroxylation is 1. The summed E-state index contributed by atoms with van der Waals surface area (Å²) < 4.78 is 18.5. The van der Waals surface area contributed by atoms with E-state index in [9.17, 15) is 19.7 Å². The van der Waals surface area contributed by atoms with Gasteiger partial charge < -0.3 is 19.1 Å². The molecule has 4 rings (SSSR count). The van der Waals surface area contributed by atoms with Gasteiger partial charge in [0.2, 0.25) is 5.75 Å². The zero-order chi connectivity index (χ0) is 28.6. The molecule has 0 radical (unpaired) electrons. The summed E-state index contributed by atoms with van der Waals surface area (Å²) in [5.41, 5.74) is 0.133. The minimum absolute atomic E-state index is 0.0899. The Hall–Kier alpha value is -3.84. The Labute approximate surface area is 238 Å². The van der Waals surface area contributed by atoms with E-state index in [1.165, 1.54) is 23.0 Å². The summed E-state index contributed by atoms with van der Waals surface area (Å²) in [7, 11) is 0. The molecule has 13 heteroatoms. The molecule has 1 aliphatic rings. The van der Waals surface area contributed by atoms with Crippen LogP contribution < -0.4 is 15.0 Å². The summed E-state index contributed by atoms with van der Waals surface area (Å²) in [5.74, 6) is 0.120. The van der Waals surface area contributed by atoms with Crippen LogP contribution in [0.15, 0.2) is 44.7 Å². The monoisotopic (exact) mass is 615 g/mol. The van der Waals surface area contributed by atoms with Crippen molar-refractivity contribution in [2.24, 2.45) is 5.10 Å². The molecular formula is C27H30BrN5O7. The van der Waals surface area contributed by atoms with E-state index in [2.05, 4.69) is 26.0 Å². The molecule has 2 aromatic carbocycles. The van der Waals surface area contributed by atoms with Gasteiger partial charge in [-0.15, -0.1) is 0 Å². The second-order valence-electron chi connectivity index (χ2n) is 8.99. The number of hydrogen-bond acceptors (Lipinski definition) is 9. The summed E-state index contributed by atoms with van der Waals surface area (Å²) in [6.07, 6.45) is 3.58. The number of unbranched alkanes of at least 4 members (excludes halogenated alkanes) is 1. The number of aromatic nitrogens is 2. The standard InChI is InChI=1S/C27H30BrN5O7/c1-3-5-6-24-30-21-8-7-19(28)15-20(21)27(35)32(24)29-16-18-13-22(33(36)37)26(23(14-18)39-4-2)40-17-25(34)31-9-11-38-12-10-31/h7-8,13-16H,3-6,9-12,17H2,1-2H3. The van der Waals surface area contributed by atoms with Gasteiger partial charge in [0.25, 0.3) is 11.5 Å². The SMILES string of the molecule is CCCCc1nc2ccc(Br)cc2c(=O)n1N=Cc1cc(OCC)c(OCC(=O)N2CCOCC2)c([N+](=O)[O-])c1. The Kier molecular flexibility index (Phi) is 9.83. The van der Waals surface area contributed by atoms with Crippen molar-refractivity contribution in [1.82, 2.24) is 14.6 Å². The molecule has 1 amide bonds. The van der Waals surface area contributed by atoms with Gasteiger partial charge in [-0.1, -0.05) is 29.3 Å². The van der Waals surface area contributed by atoms with Crippen molar-refractivity contribution >= 4 is 44.6 Å². The predicted molar refractivity (Wildman–Crippen MR) is 152 cm³/mol. The number of halogens is 1. The van der Waals surface area contributed by atoms with Gasteiger partial charge in [-0.2, -0.15) is 9.78 Å². The van der Waals surface area contributed by atoms with Crippen molar-refractivity contribution in [1.29, 1.82) is 0 Å². The number of nitro groups is 1. The molecule has 1 fully saturated rings. The molecule has 3 aromatic rings. The minimum atomic E-state index is -0.609. The van der Waals surface area contributed by atoms with Crippen LogP contribution in [0.25, 0.3) is 10.9 Å². The van der Waals surface area contributed by atoms with Gasteiger partial charge in [0.15, 0.2) is 12.4 Å². The van der Waals surface area contributed by atoms with Gasteiger partial charge in [0.05, 0.1) is 41.9 Å². The smallest absolute Gasteiger partial charge is 0.315 e. The van der Waals surface area contributed by atoms with Crippen molar-refractivity contribution in [2.75, 3.05) is 39.5 Å². The first-order valence-electron chi connectivity index (χ1n) is 13.0. The van der Waals surface area contributed by atoms with Gasteiger partial charge >= 0.3 is 5.69 Å². The Bertz CT molecular complexity index is 1480. The third kappa shape index (κ3) is 6.83. The lowest BCUT2D eigenvalue weighted by Gasteiger charge is -2.26. The number of rotatable bonds is 11. The first-order valence-corrected chi connectivity index (χ1v) is 13.8. The quantitative estimate of drug-likeness (QED) is 0.180. The third-order valence-electron chi connectivity index (χ3n) is 6.21. The maximum absolute atomic E-state index is 13.4. The zero-order valence-corrected chi connectivity index (χ0v) is 23.9. The van der Waals surface area contributed by atoms with Crippen LogP contribution in [-0.4, -0.2) is 71.1 Å². The fourth-order valence-electron chi connectivity index (χ4n) is 4.20. The van der Waals surface area contributed by atoms with E-state index in [1.54, 1.807) is 24.0 Å². The van der Waals surface area contributed by atoms with Gasteiger partial charge in [-0.3, -0.25) is 19.7 Å². The van der Waals surface area contributed by atoms with Crippen LogP contribution in [-0.2, 0) is 16.0 Å². The summed E-state index contributed by atoms with van der Waals surface area (Å²) >= 11 is 3.39. The van der Waals surface area contributed by atoms with Crippen LogP contribution >= 0.6 is 15.9 Å². The number of nitro benzene ring substituents is 1. The second-order valence-corrected chi connectivity index (χ2v) is 9.91. The second kappa shape index (κ2) is 13.5. The van der Waals surface area contributed by atoms with E-state index < -0.39 is 4.92 Å². The molecule has 0 unspecified atom stereocenters. The topological polar surface area (TPSA) is 138 Å². The van der Waals surface area contributed by atoms with Crippen molar-refractivity contribution in [3.8, 4) is 11.5 Å². The fraction of sp³-hybridized carbons (Fsp3) is 0.407. The highest BCUT2D eigenvalue weighted by atomic mass is 79.9. The van der Waals surface area contributed by atoms with Crippen LogP contribution in [0.3, 0.4) is 0 Å². The Morgan fingerprint density at radius 1 is 1.23 bits per heavy atom. The molecule has 1 aliphatic heterocycles. The Morgan fingerprint density at radius 3 is 2.70 bits per heavy atom. The molecule has 1 aromatic heterocycles. The number of fused-ring (bicyclic) bond motifs is 1. The number of benzene rings is 2. The van der Waals surface area contributed by atoms with Gasteiger partial charge in [-0.25, -0.2) is 4.98 Å².